The number of aromatic nitrogens is 3. The summed E-state index contributed by atoms with van der Waals surface area (Å²) in [6, 6.07) is -1.61. The zero-order valence-electron chi connectivity index (χ0n) is 25.2. The van der Waals surface area contributed by atoms with Gasteiger partial charge in [0.25, 0.3) is 0 Å². The van der Waals surface area contributed by atoms with Crippen molar-refractivity contribution in [3.63, 3.8) is 0 Å². The molecule has 1 aromatic heterocycles. The molecule has 230 valence electrons. The van der Waals surface area contributed by atoms with E-state index in [1.165, 1.54) is 35.1 Å². The molecule has 2 saturated carbocycles. The Labute approximate surface area is 246 Å². The fourth-order valence-electron chi connectivity index (χ4n) is 7.20. The first-order chi connectivity index (χ1) is 19.9. The molecule has 2 amide bonds. The fraction of sp³-hybridized carbons (Fsp3) is 0.733. The molecule has 5 rings (SSSR count). The molecule has 2 bridgehead atoms. The monoisotopic (exact) mass is 584 g/mol. The molecule has 3 N–H and O–H groups in total. The first kappa shape index (κ1) is 30.0. The molecule has 8 atom stereocenters. The molecule has 12 heteroatoms. The molecule has 0 radical (unpaired) electrons. The molecule has 2 aliphatic heterocycles. The summed E-state index contributed by atoms with van der Waals surface area (Å²) in [6.45, 7) is 9.36. The lowest BCUT2D eigenvalue weighted by atomic mass is 9.85. The Morgan fingerprint density at radius 1 is 1.05 bits per heavy atom. The minimum Gasteiger partial charge on any atom is -0.459 e. The molecule has 4 aliphatic rings. The van der Waals surface area contributed by atoms with E-state index < -0.39 is 41.3 Å². The quantitative estimate of drug-likeness (QED) is 0.533. The summed E-state index contributed by atoms with van der Waals surface area (Å²) in [5, 5.41) is 2.86. The highest BCUT2D eigenvalue weighted by Crippen LogP contribution is 2.57. The van der Waals surface area contributed by atoms with Crippen molar-refractivity contribution in [3.05, 3.63) is 22.5 Å². The van der Waals surface area contributed by atoms with Crippen LogP contribution in [-0.4, -0.2) is 68.1 Å². The zero-order valence-corrected chi connectivity index (χ0v) is 25.2. The lowest BCUT2D eigenvalue weighted by Gasteiger charge is -2.35. The molecule has 2 aliphatic carbocycles. The standard InChI is InChI=1S/C30H44N6O6/c1-16-22-15-36(24(16)17(2)37)26(38)25(30(3,4)5)34-29(40)42-21-14-18-13-20(18)19(21)9-7-6-8-12-35-27(39)32-23(10-11-31)33-28(35)41-22/h10-11,16,18-22,24-25H,6-9,12-15,31H2,1-5H3,(H,34,40)/t16-,18?,19-,20?,21-,22+,24+,25-/m1/s1. The maximum Gasteiger partial charge on any atom is 0.408 e. The second kappa shape index (κ2) is 11.7. The van der Waals surface area contributed by atoms with Gasteiger partial charge in [0, 0.05) is 12.5 Å². The number of fused-ring (bicyclic) bond motifs is 6. The van der Waals surface area contributed by atoms with E-state index in [9.17, 15) is 19.2 Å². The van der Waals surface area contributed by atoms with Crippen LogP contribution in [0.2, 0.25) is 0 Å². The number of ketones is 1. The third-order valence-corrected chi connectivity index (χ3v) is 9.47. The summed E-state index contributed by atoms with van der Waals surface area (Å²) < 4.78 is 13.7. The van der Waals surface area contributed by atoms with Gasteiger partial charge >= 0.3 is 17.8 Å². The molecular weight excluding hydrogens is 540 g/mol. The number of ether oxygens (including phenoxy) is 2. The Balaban J connectivity index is 1.51. The highest BCUT2D eigenvalue weighted by Gasteiger charge is 2.55. The van der Waals surface area contributed by atoms with Crippen LogP contribution in [0.3, 0.4) is 0 Å². The van der Waals surface area contributed by atoms with Gasteiger partial charge in [-0.05, 0) is 68.1 Å². The van der Waals surface area contributed by atoms with Crippen LogP contribution in [0.15, 0.2) is 11.0 Å². The summed E-state index contributed by atoms with van der Waals surface area (Å²) in [4.78, 5) is 63.3. The Kier molecular flexibility index (Phi) is 8.35. The van der Waals surface area contributed by atoms with Crippen LogP contribution in [0.4, 0.5) is 4.79 Å². The number of alkyl carbamates (subject to hydrolysis) is 1. The SMILES string of the molecule is CC(=O)[C@@H]1[C@H](C)[C@@H]2CN1C(=O)[C@H](C(C)(C)C)NC(=O)O[C@@H]1CC3CC3[C@H]1CCCCCn1c(nc(C=CN)nc1=O)O2. The predicted octanol–water partition coefficient (Wildman–Crippen LogP) is 2.49. The first-order valence-corrected chi connectivity index (χ1v) is 15.2. The average molecular weight is 585 g/mol. The number of nitrogens with zero attached hydrogens (tertiary/aromatic N) is 4. The lowest BCUT2D eigenvalue weighted by molar-refractivity contribution is -0.141. The molecule has 42 heavy (non-hydrogen) atoms. The molecule has 1 saturated heterocycles. The molecule has 3 fully saturated rings. The molecule has 3 heterocycles. The molecular formula is C30H44N6O6. The highest BCUT2D eigenvalue weighted by molar-refractivity contribution is 5.92. The first-order valence-electron chi connectivity index (χ1n) is 15.2. The molecule has 12 nitrogen and oxygen atoms in total. The number of nitrogens with two attached hydrogens (primary N) is 1. The number of rotatable bonds is 2. The molecule has 0 aromatic carbocycles. The van der Waals surface area contributed by atoms with Crippen LogP contribution in [0.1, 0.15) is 79.0 Å². The Hall–Kier alpha value is -3.44. The van der Waals surface area contributed by atoms with E-state index in [0.717, 1.165) is 25.7 Å². The van der Waals surface area contributed by atoms with Crippen molar-refractivity contribution < 1.29 is 23.9 Å². The van der Waals surface area contributed by atoms with Gasteiger partial charge in [0.05, 0.1) is 12.6 Å². The highest BCUT2D eigenvalue weighted by atomic mass is 16.6. The van der Waals surface area contributed by atoms with E-state index in [0.29, 0.717) is 24.8 Å². The number of carbonyl (C=O) groups excluding carboxylic acids is 3. The number of nitrogens with one attached hydrogen (secondary N) is 1. The summed E-state index contributed by atoms with van der Waals surface area (Å²) in [6.07, 6.45) is 6.77. The normalized spacial score (nSPS) is 33.9. The van der Waals surface area contributed by atoms with E-state index in [-0.39, 0.29) is 42.1 Å². The van der Waals surface area contributed by atoms with Crippen molar-refractivity contribution in [2.75, 3.05) is 6.54 Å². The van der Waals surface area contributed by atoms with Gasteiger partial charge in [-0.1, -0.05) is 40.5 Å². The van der Waals surface area contributed by atoms with Crippen LogP contribution in [-0.2, 0) is 20.9 Å². The lowest BCUT2D eigenvalue weighted by Crippen LogP contribution is -2.57. The molecule has 2 unspecified atom stereocenters. The smallest absolute Gasteiger partial charge is 0.408 e. The number of amides is 2. The van der Waals surface area contributed by atoms with E-state index in [4.69, 9.17) is 15.2 Å². The Morgan fingerprint density at radius 2 is 1.81 bits per heavy atom. The topological polar surface area (TPSA) is 159 Å². The van der Waals surface area contributed by atoms with E-state index in [2.05, 4.69) is 15.3 Å². The second-order valence-electron chi connectivity index (χ2n) is 13.5. The molecule has 0 spiro atoms. The van der Waals surface area contributed by atoms with Crippen LogP contribution in [0.25, 0.3) is 6.08 Å². The minimum atomic E-state index is -0.926. The zero-order chi connectivity index (χ0) is 30.3. The number of hydrogen-bond donors (Lipinski definition) is 2. The van der Waals surface area contributed by atoms with Gasteiger partial charge in [-0.3, -0.25) is 9.59 Å². The van der Waals surface area contributed by atoms with Gasteiger partial charge in [-0.2, -0.15) is 9.97 Å². The predicted molar refractivity (Wildman–Crippen MR) is 154 cm³/mol. The van der Waals surface area contributed by atoms with Crippen LogP contribution < -0.4 is 21.5 Å². The van der Waals surface area contributed by atoms with Crippen molar-refractivity contribution in [2.24, 2.45) is 34.8 Å². The van der Waals surface area contributed by atoms with E-state index in [1.54, 1.807) is 0 Å². The maximum atomic E-state index is 14.1. The van der Waals surface area contributed by atoms with Gasteiger partial charge < -0.3 is 25.4 Å². The van der Waals surface area contributed by atoms with Gasteiger partial charge in [0.1, 0.15) is 18.2 Å². The van der Waals surface area contributed by atoms with Gasteiger partial charge in [-0.15, -0.1) is 0 Å². The van der Waals surface area contributed by atoms with Crippen LogP contribution >= 0.6 is 0 Å². The maximum absolute atomic E-state index is 14.1. The largest absolute Gasteiger partial charge is 0.459 e. The van der Waals surface area contributed by atoms with Gasteiger partial charge in [0.15, 0.2) is 11.6 Å². The number of hydrogen-bond acceptors (Lipinski definition) is 9. The van der Waals surface area contributed by atoms with E-state index >= 15 is 0 Å². The Bertz CT molecular complexity index is 1300. The Morgan fingerprint density at radius 3 is 2.50 bits per heavy atom. The number of Topliss-reactive ketones (excluding diaryl/α,β-unsaturated/α-hetero) is 1. The van der Waals surface area contributed by atoms with Gasteiger partial charge in [0.2, 0.25) is 5.91 Å². The minimum absolute atomic E-state index is 0.0852. The fourth-order valence-corrected chi connectivity index (χ4v) is 7.20. The van der Waals surface area contributed by atoms with Gasteiger partial charge in [-0.25, -0.2) is 14.2 Å². The van der Waals surface area contributed by atoms with E-state index in [1.807, 2.05) is 27.7 Å². The third kappa shape index (κ3) is 6.03. The van der Waals surface area contributed by atoms with Crippen molar-refractivity contribution in [1.82, 2.24) is 24.8 Å². The van der Waals surface area contributed by atoms with Crippen molar-refractivity contribution in [3.8, 4) is 6.01 Å². The number of carbonyl (C=O) groups is 3. The summed E-state index contributed by atoms with van der Waals surface area (Å²) in [7, 11) is 0. The van der Waals surface area contributed by atoms with Crippen LogP contribution in [0.5, 0.6) is 6.01 Å². The average Bonchev–Trinajstić information content (AvgIpc) is 3.46. The summed E-state index contributed by atoms with van der Waals surface area (Å²) in [5.74, 6) is 0.612. The molecule has 1 aromatic rings. The van der Waals surface area contributed by atoms with Crippen LogP contribution in [0, 0.1) is 29.1 Å². The summed E-state index contributed by atoms with van der Waals surface area (Å²) >= 11 is 0. The van der Waals surface area contributed by atoms with Crippen molar-refractivity contribution >= 4 is 23.9 Å². The van der Waals surface area contributed by atoms with Crippen molar-refractivity contribution in [2.45, 2.75) is 104 Å². The third-order valence-electron chi connectivity index (χ3n) is 9.47. The van der Waals surface area contributed by atoms with Crippen molar-refractivity contribution in [1.29, 1.82) is 0 Å². The second-order valence-corrected chi connectivity index (χ2v) is 13.5. The summed E-state index contributed by atoms with van der Waals surface area (Å²) in [5.41, 5.74) is 4.38.